The molecular weight excluding hydrogens is 404 g/mol. The summed E-state index contributed by atoms with van der Waals surface area (Å²) in [7, 11) is 0. The van der Waals surface area contributed by atoms with Crippen LogP contribution in [0.1, 0.15) is 24.7 Å². The zero-order chi connectivity index (χ0) is 19.6. The van der Waals surface area contributed by atoms with Gasteiger partial charge >= 0.3 is 0 Å². The van der Waals surface area contributed by atoms with Gasteiger partial charge in [0.25, 0.3) is 0 Å². The number of rotatable bonds is 7. The molecular formula is C19H18N8S2. The Morgan fingerprint density at radius 2 is 1.93 bits per heavy atom. The summed E-state index contributed by atoms with van der Waals surface area (Å²) in [6.45, 7) is 0. The Morgan fingerprint density at radius 3 is 2.69 bits per heavy atom. The molecule has 0 bridgehead atoms. The van der Waals surface area contributed by atoms with Crippen LogP contribution in [0.2, 0.25) is 0 Å². The van der Waals surface area contributed by atoms with E-state index in [1.807, 2.05) is 36.4 Å². The second-order valence-corrected chi connectivity index (χ2v) is 8.49. The van der Waals surface area contributed by atoms with Crippen LogP contribution < -0.4 is 11.1 Å². The molecule has 146 valence electrons. The van der Waals surface area contributed by atoms with Gasteiger partial charge in [-0.1, -0.05) is 36.0 Å². The van der Waals surface area contributed by atoms with E-state index in [2.05, 4.69) is 46.5 Å². The summed E-state index contributed by atoms with van der Waals surface area (Å²) >= 11 is 3.25. The van der Waals surface area contributed by atoms with Crippen molar-refractivity contribution in [3.8, 4) is 10.7 Å². The number of hydrogen-bond donors (Lipinski definition) is 2. The number of thioether (sulfide) groups is 1. The first-order valence-electron chi connectivity index (χ1n) is 9.20. The minimum atomic E-state index is 0.192. The van der Waals surface area contributed by atoms with Crippen LogP contribution in [0.25, 0.3) is 10.7 Å². The molecule has 0 spiro atoms. The molecule has 0 atom stereocenters. The van der Waals surface area contributed by atoms with Crippen molar-refractivity contribution in [3.05, 3.63) is 53.7 Å². The molecule has 3 aromatic heterocycles. The molecule has 3 heterocycles. The second kappa shape index (κ2) is 7.80. The van der Waals surface area contributed by atoms with E-state index in [0.29, 0.717) is 23.6 Å². The first-order chi connectivity index (χ1) is 14.3. The molecule has 3 N–H and O–H groups in total. The van der Waals surface area contributed by atoms with Gasteiger partial charge in [-0.25, -0.2) is 0 Å². The number of nitrogens with two attached hydrogens (primary N) is 1. The number of anilines is 3. The molecule has 8 nitrogen and oxygen atoms in total. The molecule has 1 aliphatic carbocycles. The number of para-hydroxylation sites is 1. The van der Waals surface area contributed by atoms with Crippen molar-refractivity contribution in [2.24, 2.45) is 0 Å². The molecule has 0 amide bonds. The highest BCUT2D eigenvalue weighted by Crippen LogP contribution is 2.42. The lowest BCUT2D eigenvalue weighted by atomic mass is 10.3. The van der Waals surface area contributed by atoms with E-state index in [1.165, 1.54) is 0 Å². The highest BCUT2D eigenvalue weighted by molar-refractivity contribution is 7.98. The van der Waals surface area contributed by atoms with E-state index in [9.17, 15) is 0 Å². The summed E-state index contributed by atoms with van der Waals surface area (Å²) in [5.74, 6) is 2.70. The van der Waals surface area contributed by atoms with Gasteiger partial charge in [0.05, 0.1) is 10.6 Å². The lowest BCUT2D eigenvalue weighted by molar-refractivity contribution is 0.669. The van der Waals surface area contributed by atoms with Crippen LogP contribution in [-0.2, 0) is 5.75 Å². The summed E-state index contributed by atoms with van der Waals surface area (Å²) in [6, 6.07) is 14.3. The highest BCUT2D eigenvalue weighted by atomic mass is 32.2. The monoisotopic (exact) mass is 422 g/mol. The molecule has 10 heteroatoms. The predicted molar refractivity (Wildman–Crippen MR) is 115 cm³/mol. The van der Waals surface area contributed by atoms with Gasteiger partial charge in [0.15, 0.2) is 11.0 Å². The van der Waals surface area contributed by atoms with Gasteiger partial charge in [0.2, 0.25) is 11.9 Å². The quantitative estimate of drug-likeness (QED) is 0.428. The maximum absolute atomic E-state index is 5.90. The van der Waals surface area contributed by atoms with Gasteiger partial charge in [-0.3, -0.25) is 4.57 Å². The molecule has 4 aromatic rings. The Hall–Kier alpha value is -2.98. The SMILES string of the molecule is Nc1nc(CSc2nnc(-c3cccs3)n2C2CC2)nc(Nc2ccccc2)n1. The second-order valence-electron chi connectivity index (χ2n) is 6.60. The molecule has 5 rings (SSSR count). The average molecular weight is 423 g/mol. The van der Waals surface area contributed by atoms with Crippen LogP contribution in [-0.4, -0.2) is 29.7 Å². The summed E-state index contributed by atoms with van der Waals surface area (Å²) in [5.41, 5.74) is 6.79. The Kier molecular flexibility index (Phi) is 4.86. The summed E-state index contributed by atoms with van der Waals surface area (Å²) in [5, 5.41) is 15.0. The van der Waals surface area contributed by atoms with Gasteiger partial charge in [-0.05, 0) is 36.4 Å². The van der Waals surface area contributed by atoms with E-state index < -0.39 is 0 Å². The number of nitrogen functional groups attached to an aromatic ring is 1. The normalized spacial score (nSPS) is 13.5. The van der Waals surface area contributed by atoms with Crippen LogP contribution in [0.3, 0.4) is 0 Å². The van der Waals surface area contributed by atoms with E-state index in [-0.39, 0.29) is 5.95 Å². The van der Waals surface area contributed by atoms with Gasteiger partial charge < -0.3 is 11.1 Å². The maximum Gasteiger partial charge on any atom is 0.232 e. The van der Waals surface area contributed by atoms with Crippen LogP contribution in [0.15, 0.2) is 53.0 Å². The first-order valence-corrected chi connectivity index (χ1v) is 11.1. The van der Waals surface area contributed by atoms with Crippen LogP contribution in [0.5, 0.6) is 0 Å². The largest absolute Gasteiger partial charge is 0.368 e. The van der Waals surface area contributed by atoms with Crippen molar-refractivity contribution in [2.75, 3.05) is 11.1 Å². The fraction of sp³-hybridized carbons (Fsp3) is 0.211. The molecule has 1 aliphatic rings. The molecule has 1 saturated carbocycles. The Morgan fingerprint density at radius 1 is 1.07 bits per heavy atom. The smallest absolute Gasteiger partial charge is 0.232 e. The fourth-order valence-corrected chi connectivity index (χ4v) is 4.52. The summed E-state index contributed by atoms with van der Waals surface area (Å²) in [6.07, 6.45) is 2.32. The van der Waals surface area contributed by atoms with E-state index in [0.717, 1.165) is 34.4 Å². The van der Waals surface area contributed by atoms with E-state index in [1.54, 1.807) is 23.1 Å². The van der Waals surface area contributed by atoms with Gasteiger partial charge in [-0.2, -0.15) is 15.0 Å². The lowest BCUT2D eigenvalue weighted by Gasteiger charge is -2.09. The number of benzene rings is 1. The van der Waals surface area contributed by atoms with Crippen LogP contribution in [0.4, 0.5) is 17.6 Å². The molecule has 1 aromatic carbocycles. The Labute approximate surface area is 175 Å². The number of nitrogens with zero attached hydrogens (tertiary/aromatic N) is 6. The van der Waals surface area contributed by atoms with Gasteiger partial charge in [0.1, 0.15) is 5.82 Å². The Bertz CT molecular complexity index is 1110. The van der Waals surface area contributed by atoms with Gasteiger partial charge in [-0.15, -0.1) is 21.5 Å². The highest BCUT2D eigenvalue weighted by Gasteiger charge is 2.30. The standard InChI is InChI=1S/C19H18N8S2/c20-17-22-15(23-18(24-17)21-12-5-2-1-3-6-12)11-29-19-26-25-16(14-7-4-10-28-14)27(19)13-8-9-13/h1-7,10,13H,8-9,11H2,(H3,20,21,22,23,24). The van der Waals surface area contributed by atoms with E-state index in [4.69, 9.17) is 5.73 Å². The zero-order valence-electron chi connectivity index (χ0n) is 15.4. The third kappa shape index (κ3) is 4.08. The predicted octanol–water partition coefficient (Wildman–Crippen LogP) is 4.14. The minimum Gasteiger partial charge on any atom is -0.368 e. The number of nitrogens with one attached hydrogen (secondary N) is 1. The molecule has 0 aliphatic heterocycles. The first kappa shape index (κ1) is 18.1. The number of hydrogen-bond acceptors (Lipinski definition) is 9. The third-order valence-electron chi connectivity index (χ3n) is 4.38. The maximum atomic E-state index is 5.90. The molecule has 0 unspecified atom stereocenters. The van der Waals surface area contributed by atoms with Crippen molar-refractivity contribution in [2.45, 2.75) is 29.8 Å². The van der Waals surface area contributed by atoms with Crippen molar-refractivity contribution >= 4 is 40.7 Å². The minimum absolute atomic E-state index is 0.192. The number of thiophene rings is 1. The van der Waals surface area contributed by atoms with Crippen LogP contribution in [0, 0.1) is 0 Å². The van der Waals surface area contributed by atoms with Gasteiger partial charge in [0, 0.05) is 11.7 Å². The van der Waals surface area contributed by atoms with Crippen molar-refractivity contribution in [3.63, 3.8) is 0 Å². The van der Waals surface area contributed by atoms with E-state index >= 15 is 0 Å². The van der Waals surface area contributed by atoms with Crippen molar-refractivity contribution < 1.29 is 0 Å². The summed E-state index contributed by atoms with van der Waals surface area (Å²) in [4.78, 5) is 14.1. The molecule has 0 radical (unpaired) electrons. The topological polar surface area (TPSA) is 107 Å². The molecule has 0 saturated heterocycles. The molecule has 1 fully saturated rings. The zero-order valence-corrected chi connectivity index (χ0v) is 17.0. The van der Waals surface area contributed by atoms with Crippen molar-refractivity contribution in [1.29, 1.82) is 0 Å². The number of aromatic nitrogens is 6. The Balaban J connectivity index is 1.35. The average Bonchev–Trinajstić information content (AvgIpc) is 3.24. The van der Waals surface area contributed by atoms with Crippen molar-refractivity contribution in [1.82, 2.24) is 29.7 Å². The van der Waals surface area contributed by atoms with Crippen LogP contribution >= 0.6 is 23.1 Å². The summed E-state index contributed by atoms with van der Waals surface area (Å²) < 4.78 is 2.24. The lowest BCUT2D eigenvalue weighted by Crippen LogP contribution is -2.07. The fourth-order valence-electron chi connectivity index (χ4n) is 2.95. The molecule has 29 heavy (non-hydrogen) atoms. The third-order valence-corrected chi connectivity index (χ3v) is 6.18.